The Labute approximate surface area is 165 Å². The number of rotatable bonds is 2. The lowest BCUT2D eigenvalue weighted by Crippen LogP contribution is -2.23. The van der Waals surface area contributed by atoms with Crippen LogP contribution in [0.3, 0.4) is 0 Å². The second kappa shape index (κ2) is 6.59. The highest BCUT2D eigenvalue weighted by atomic mass is 35.5. The van der Waals surface area contributed by atoms with Crippen LogP contribution >= 0.6 is 22.9 Å². The molecule has 0 spiro atoms. The van der Waals surface area contributed by atoms with Gasteiger partial charge in [0.15, 0.2) is 5.82 Å². The van der Waals surface area contributed by atoms with Gasteiger partial charge in [-0.15, -0.1) is 5.10 Å². The number of benzene rings is 2. The maximum atomic E-state index is 12.7. The fourth-order valence-electron chi connectivity index (χ4n) is 2.79. The number of halogens is 1. The SMILES string of the molecule is CC(C)(C)c1ccc(C=c2sc3nc(-c4ccc(Cl)cc4)nn3c2=O)cc1. The van der Waals surface area contributed by atoms with Crippen molar-refractivity contribution in [1.82, 2.24) is 14.6 Å². The van der Waals surface area contributed by atoms with Gasteiger partial charge in [-0.05, 0) is 46.9 Å². The first-order chi connectivity index (χ1) is 12.8. The Morgan fingerprint density at radius 2 is 1.70 bits per heavy atom. The number of fused-ring (bicyclic) bond motifs is 1. The summed E-state index contributed by atoms with van der Waals surface area (Å²) in [7, 11) is 0. The number of thiazole rings is 1. The summed E-state index contributed by atoms with van der Waals surface area (Å²) in [5, 5.41) is 5.01. The molecule has 4 aromatic rings. The van der Waals surface area contributed by atoms with Crippen molar-refractivity contribution in [3.05, 3.63) is 79.6 Å². The lowest BCUT2D eigenvalue weighted by Gasteiger charge is -2.18. The van der Waals surface area contributed by atoms with E-state index in [0.717, 1.165) is 11.1 Å². The zero-order valence-corrected chi connectivity index (χ0v) is 16.8. The van der Waals surface area contributed by atoms with Gasteiger partial charge in [0.05, 0.1) is 4.53 Å². The van der Waals surface area contributed by atoms with E-state index in [2.05, 4.69) is 43.0 Å². The predicted octanol–water partition coefficient (Wildman–Crippen LogP) is 4.32. The Balaban J connectivity index is 1.72. The van der Waals surface area contributed by atoms with Crippen molar-refractivity contribution in [3.8, 4) is 11.4 Å². The molecule has 2 heterocycles. The molecular weight excluding hydrogens is 378 g/mol. The van der Waals surface area contributed by atoms with Crippen LogP contribution in [-0.4, -0.2) is 14.6 Å². The lowest BCUT2D eigenvalue weighted by atomic mass is 9.87. The number of nitrogens with zero attached hydrogens (tertiary/aromatic N) is 3. The van der Waals surface area contributed by atoms with E-state index in [1.165, 1.54) is 21.4 Å². The van der Waals surface area contributed by atoms with Gasteiger partial charge in [-0.1, -0.05) is 68.0 Å². The molecule has 0 aliphatic heterocycles. The number of hydrogen-bond acceptors (Lipinski definition) is 4. The van der Waals surface area contributed by atoms with E-state index < -0.39 is 0 Å². The van der Waals surface area contributed by atoms with Crippen LogP contribution < -0.4 is 10.1 Å². The van der Waals surface area contributed by atoms with Gasteiger partial charge in [-0.2, -0.15) is 9.50 Å². The maximum absolute atomic E-state index is 12.7. The molecule has 27 heavy (non-hydrogen) atoms. The molecule has 0 N–H and O–H groups in total. The Morgan fingerprint density at radius 3 is 2.30 bits per heavy atom. The highest BCUT2D eigenvalue weighted by Crippen LogP contribution is 2.22. The predicted molar refractivity (Wildman–Crippen MR) is 112 cm³/mol. The molecule has 2 aromatic heterocycles. The van der Waals surface area contributed by atoms with E-state index >= 15 is 0 Å². The van der Waals surface area contributed by atoms with Crippen molar-refractivity contribution < 1.29 is 0 Å². The Bertz CT molecular complexity index is 1220. The average Bonchev–Trinajstić information content (AvgIpc) is 3.15. The van der Waals surface area contributed by atoms with Crippen LogP contribution in [-0.2, 0) is 5.41 Å². The fraction of sp³-hybridized carbons (Fsp3) is 0.190. The summed E-state index contributed by atoms with van der Waals surface area (Å²) in [6.07, 6.45) is 1.89. The summed E-state index contributed by atoms with van der Waals surface area (Å²) in [5.74, 6) is 0.524. The van der Waals surface area contributed by atoms with E-state index in [0.29, 0.717) is 20.3 Å². The molecule has 0 saturated heterocycles. The highest BCUT2D eigenvalue weighted by molar-refractivity contribution is 7.15. The minimum absolute atomic E-state index is 0.105. The van der Waals surface area contributed by atoms with E-state index in [4.69, 9.17) is 11.6 Å². The van der Waals surface area contributed by atoms with Gasteiger partial charge in [0.1, 0.15) is 0 Å². The maximum Gasteiger partial charge on any atom is 0.291 e. The molecule has 0 radical (unpaired) electrons. The molecule has 0 atom stereocenters. The monoisotopic (exact) mass is 395 g/mol. The van der Waals surface area contributed by atoms with Crippen molar-refractivity contribution in [2.75, 3.05) is 0 Å². The molecule has 0 saturated carbocycles. The van der Waals surface area contributed by atoms with E-state index in [-0.39, 0.29) is 11.0 Å². The van der Waals surface area contributed by atoms with Crippen LogP contribution in [0.25, 0.3) is 22.4 Å². The zero-order chi connectivity index (χ0) is 19.2. The summed E-state index contributed by atoms with van der Waals surface area (Å²) < 4.78 is 1.99. The minimum Gasteiger partial charge on any atom is -0.266 e. The molecule has 0 unspecified atom stereocenters. The van der Waals surface area contributed by atoms with Crippen LogP contribution in [0.1, 0.15) is 31.9 Å². The van der Waals surface area contributed by atoms with Gasteiger partial charge in [-0.3, -0.25) is 4.79 Å². The van der Waals surface area contributed by atoms with Crippen molar-refractivity contribution >= 4 is 34.0 Å². The van der Waals surface area contributed by atoms with Crippen molar-refractivity contribution in [2.24, 2.45) is 0 Å². The topological polar surface area (TPSA) is 47.3 Å². The van der Waals surface area contributed by atoms with Gasteiger partial charge in [0, 0.05) is 10.6 Å². The van der Waals surface area contributed by atoms with Gasteiger partial charge >= 0.3 is 0 Å². The largest absolute Gasteiger partial charge is 0.291 e. The molecule has 0 aliphatic carbocycles. The highest BCUT2D eigenvalue weighted by Gasteiger charge is 2.14. The third kappa shape index (κ3) is 3.53. The molecule has 4 rings (SSSR count). The molecule has 2 aromatic carbocycles. The second-order valence-electron chi connectivity index (χ2n) is 7.42. The van der Waals surface area contributed by atoms with E-state index in [1.54, 1.807) is 12.1 Å². The summed E-state index contributed by atoms with van der Waals surface area (Å²) in [5.41, 5.74) is 3.04. The summed E-state index contributed by atoms with van der Waals surface area (Å²) in [6, 6.07) is 15.5. The smallest absolute Gasteiger partial charge is 0.266 e. The molecule has 0 aliphatic rings. The van der Waals surface area contributed by atoms with E-state index in [9.17, 15) is 4.79 Å². The van der Waals surface area contributed by atoms with Crippen molar-refractivity contribution in [1.29, 1.82) is 0 Å². The van der Waals surface area contributed by atoms with Crippen LogP contribution in [0.15, 0.2) is 53.3 Å². The molecule has 0 fully saturated rings. The molecular formula is C21H18ClN3OS. The van der Waals surface area contributed by atoms with Crippen molar-refractivity contribution in [3.63, 3.8) is 0 Å². The molecule has 0 bridgehead atoms. The summed E-state index contributed by atoms with van der Waals surface area (Å²) >= 11 is 7.26. The van der Waals surface area contributed by atoms with E-state index in [1.807, 2.05) is 30.3 Å². The van der Waals surface area contributed by atoms with Gasteiger partial charge in [0.25, 0.3) is 5.56 Å². The third-order valence-electron chi connectivity index (χ3n) is 4.36. The quantitative estimate of drug-likeness (QED) is 0.508. The van der Waals surface area contributed by atoms with Gasteiger partial charge in [-0.25, -0.2) is 0 Å². The molecule has 4 nitrogen and oxygen atoms in total. The average molecular weight is 396 g/mol. The minimum atomic E-state index is -0.150. The van der Waals surface area contributed by atoms with Crippen LogP contribution in [0.2, 0.25) is 5.02 Å². The van der Waals surface area contributed by atoms with Crippen LogP contribution in [0.5, 0.6) is 0 Å². The lowest BCUT2D eigenvalue weighted by molar-refractivity contribution is 0.590. The number of aromatic nitrogens is 3. The molecule has 136 valence electrons. The van der Waals surface area contributed by atoms with Crippen LogP contribution in [0.4, 0.5) is 0 Å². The fourth-order valence-corrected chi connectivity index (χ4v) is 3.82. The van der Waals surface area contributed by atoms with Crippen molar-refractivity contribution in [2.45, 2.75) is 26.2 Å². The van der Waals surface area contributed by atoms with Crippen LogP contribution in [0, 0.1) is 0 Å². The zero-order valence-electron chi connectivity index (χ0n) is 15.2. The first-order valence-corrected chi connectivity index (χ1v) is 9.78. The van der Waals surface area contributed by atoms with Gasteiger partial charge < -0.3 is 0 Å². The summed E-state index contributed by atoms with van der Waals surface area (Å²) in [4.78, 5) is 17.8. The normalized spacial score (nSPS) is 12.8. The molecule has 0 amide bonds. The Morgan fingerprint density at radius 1 is 1.04 bits per heavy atom. The number of hydrogen-bond donors (Lipinski definition) is 0. The third-order valence-corrected chi connectivity index (χ3v) is 5.57. The molecule has 6 heteroatoms. The first-order valence-electron chi connectivity index (χ1n) is 8.59. The first kappa shape index (κ1) is 17.9. The second-order valence-corrected chi connectivity index (χ2v) is 8.87. The van der Waals surface area contributed by atoms with Gasteiger partial charge in [0.2, 0.25) is 4.96 Å². The Hall–Kier alpha value is -2.50. The Kier molecular flexibility index (Phi) is 4.36. The summed E-state index contributed by atoms with van der Waals surface area (Å²) in [6.45, 7) is 6.54. The standard InChI is InChI=1S/C21H18ClN3OS/c1-21(2,3)15-8-4-13(5-9-15)12-17-19(26)25-20(27-17)23-18(24-25)14-6-10-16(22)11-7-14/h4-12H,1-3H3.